The number of hydrogen-bond donors (Lipinski definition) is 1. The van der Waals surface area contributed by atoms with Crippen LogP contribution in [0.5, 0.6) is 0 Å². The van der Waals surface area contributed by atoms with Gasteiger partial charge in [-0.15, -0.1) is 0 Å². The molecule has 0 aliphatic carbocycles. The Balaban J connectivity index is 2.43. The van der Waals surface area contributed by atoms with Gasteiger partial charge in [-0.25, -0.2) is 0 Å². The number of morpholine rings is 1. The number of nitrogens with two attached hydrogens (primary N) is 1. The minimum atomic E-state index is -0.434. The molecule has 2 atom stereocenters. The largest absolute Gasteiger partial charge is 0.382 e. The number of carbonyl (C=O) groups excluding carboxylic acids is 1. The van der Waals surface area contributed by atoms with Gasteiger partial charge in [0, 0.05) is 20.2 Å². The second-order valence-corrected chi connectivity index (χ2v) is 3.52. The van der Waals surface area contributed by atoms with Gasteiger partial charge in [0.15, 0.2) is 0 Å². The predicted molar refractivity (Wildman–Crippen MR) is 51.8 cm³/mol. The first-order valence-electron chi connectivity index (χ1n) is 4.80. The summed E-state index contributed by atoms with van der Waals surface area (Å²) < 4.78 is 10.4. The lowest BCUT2D eigenvalue weighted by Gasteiger charge is -2.33. The second kappa shape index (κ2) is 5.29. The Morgan fingerprint density at radius 2 is 2.50 bits per heavy atom. The fourth-order valence-corrected chi connectivity index (χ4v) is 1.49. The van der Waals surface area contributed by atoms with Crippen molar-refractivity contribution in [1.29, 1.82) is 0 Å². The zero-order valence-electron chi connectivity index (χ0n) is 8.73. The maximum absolute atomic E-state index is 11.6. The van der Waals surface area contributed by atoms with Crippen molar-refractivity contribution in [2.24, 2.45) is 5.73 Å². The van der Waals surface area contributed by atoms with E-state index in [0.29, 0.717) is 26.3 Å². The number of carbonyl (C=O) groups is 1. The molecule has 82 valence electrons. The standard InChI is InChI=1S/C9H18N2O3/c1-7(10)9(12)11-3-4-14-8(5-11)6-13-2/h7-8H,3-6,10H2,1-2H3/t7-,8?/m1/s1. The topological polar surface area (TPSA) is 64.8 Å². The minimum Gasteiger partial charge on any atom is -0.382 e. The van der Waals surface area contributed by atoms with E-state index in [-0.39, 0.29) is 12.0 Å². The first kappa shape index (κ1) is 11.4. The van der Waals surface area contributed by atoms with E-state index in [0.717, 1.165) is 0 Å². The molecule has 0 bridgehead atoms. The average molecular weight is 202 g/mol. The molecule has 0 spiro atoms. The lowest BCUT2D eigenvalue weighted by atomic mass is 10.2. The fraction of sp³-hybridized carbons (Fsp3) is 0.889. The molecule has 0 aromatic carbocycles. The van der Waals surface area contributed by atoms with Crippen LogP contribution in [0.4, 0.5) is 0 Å². The van der Waals surface area contributed by atoms with Crippen LogP contribution in [0.25, 0.3) is 0 Å². The lowest BCUT2D eigenvalue weighted by Crippen LogP contribution is -2.51. The quantitative estimate of drug-likeness (QED) is 0.651. The molecule has 0 saturated carbocycles. The highest BCUT2D eigenvalue weighted by Crippen LogP contribution is 2.06. The molecule has 5 heteroatoms. The SMILES string of the molecule is COCC1CN(C(=O)[C@@H](C)N)CCO1. The zero-order chi connectivity index (χ0) is 10.6. The molecule has 1 aliphatic rings. The van der Waals surface area contributed by atoms with E-state index in [1.165, 1.54) is 0 Å². The van der Waals surface area contributed by atoms with Crippen molar-refractivity contribution < 1.29 is 14.3 Å². The van der Waals surface area contributed by atoms with E-state index < -0.39 is 6.04 Å². The van der Waals surface area contributed by atoms with Gasteiger partial charge in [-0.1, -0.05) is 0 Å². The number of rotatable bonds is 3. The third-order valence-corrected chi connectivity index (χ3v) is 2.19. The van der Waals surface area contributed by atoms with Crippen LogP contribution in [-0.2, 0) is 14.3 Å². The van der Waals surface area contributed by atoms with Gasteiger partial charge in [-0.05, 0) is 6.92 Å². The summed E-state index contributed by atoms with van der Waals surface area (Å²) >= 11 is 0. The Morgan fingerprint density at radius 3 is 3.07 bits per heavy atom. The molecule has 1 heterocycles. The number of nitrogens with zero attached hydrogens (tertiary/aromatic N) is 1. The molecular formula is C9H18N2O3. The number of amides is 1. The van der Waals surface area contributed by atoms with Crippen molar-refractivity contribution in [2.75, 3.05) is 33.4 Å². The molecule has 1 saturated heterocycles. The summed E-state index contributed by atoms with van der Waals surface area (Å²) in [5, 5.41) is 0. The minimum absolute atomic E-state index is 0.0172. The van der Waals surface area contributed by atoms with Crippen molar-refractivity contribution in [1.82, 2.24) is 4.90 Å². The molecule has 14 heavy (non-hydrogen) atoms. The van der Waals surface area contributed by atoms with Crippen LogP contribution in [0, 0.1) is 0 Å². The predicted octanol–water partition coefficient (Wildman–Crippen LogP) is -0.793. The second-order valence-electron chi connectivity index (χ2n) is 3.52. The molecule has 1 rings (SSSR count). The average Bonchev–Trinajstić information content (AvgIpc) is 2.17. The van der Waals surface area contributed by atoms with Crippen LogP contribution in [0.2, 0.25) is 0 Å². The summed E-state index contributed by atoms with van der Waals surface area (Å²) in [6.07, 6.45) is -0.0172. The zero-order valence-corrected chi connectivity index (χ0v) is 8.73. The first-order valence-corrected chi connectivity index (χ1v) is 4.80. The molecular weight excluding hydrogens is 184 g/mol. The van der Waals surface area contributed by atoms with Gasteiger partial charge in [0.2, 0.25) is 5.91 Å². The highest BCUT2D eigenvalue weighted by atomic mass is 16.5. The Labute approximate surface area is 84.1 Å². The van der Waals surface area contributed by atoms with E-state index in [1.807, 2.05) is 0 Å². The molecule has 1 unspecified atom stereocenters. The lowest BCUT2D eigenvalue weighted by molar-refractivity contribution is -0.141. The summed E-state index contributed by atoms with van der Waals surface area (Å²) in [5.74, 6) is -0.0191. The van der Waals surface area contributed by atoms with Gasteiger partial charge >= 0.3 is 0 Å². The summed E-state index contributed by atoms with van der Waals surface area (Å²) in [7, 11) is 1.62. The monoisotopic (exact) mass is 202 g/mol. The number of methoxy groups -OCH3 is 1. The Bertz CT molecular complexity index is 194. The number of hydrogen-bond acceptors (Lipinski definition) is 4. The van der Waals surface area contributed by atoms with Crippen LogP contribution in [-0.4, -0.2) is 56.4 Å². The molecule has 5 nitrogen and oxygen atoms in total. The van der Waals surface area contributed by atoms with Crippen LogP contribution >= 0.6 is 0 Å². The highest BCUT2D eigenvalue weighted by Gasteiger charge is 2.25. The highest BCUT2D eigenvalue weighted by molar-refractivity contribution is 5.81. The Morgan fingerprint density at radius 1 is 1.79 bits per heavy atom. The summed E-state index contributed by atoms with van der Waals surface area (Å²) in [6.45, 7) is 3.98. The molecule has 1 amide bonds. The van der Waals surface area contributed by atoms with Gasteiger partial charge in [0.1, 0.15) is 0 Å². The normalized spacial score (nSPS) is 24.8. The molecule has 1 aliphatic heterocycles. The van der Waals surface area contributed by atoms with Gasteiger partial charge < -0.3 is 20.1 Å². The Hall–Kier alpha value is -0.650. The molecule has 2 N–H and O–H groups in total. The van der Waals surface area contributed by atoms with Gasteiger partial charge in [-0.3, -0.25) is 4.79 Å². The van der Waals surface area contributed by atoms with Crippen LogP contribution in [0.1, 0.15) is 6.92 Å². The fourth-order valence-electron chi connectivity index (χ4n) is 1.49. The Kier molecular flexibility index (Phi) is 4.31. The molecule has 1 fully saturated rings. The van der Waals surface area contributed by atoms with E-state index in [4.69, 9.17) is 15.2 Å². The van der Waals surface area contributed by atoms with Crippen LogP contribution < -0.4 is 5.73 Å². The van der Waals surface area contributed by atoms with Crippen molar-refractivity contribution in [3.05, 3.63) is 0 Å². The summed E-state index contributed by atoms with van der Waals surface area (Å²) in [6, 6.07) is -0.434. The maximum Gasteiger partial charge on any atom is 0.239 e. The maximum atomic E-state index is 11.6. The van der Waals surface area contributed by atoms with Gasteiger partial charge in [0.05, 0.1) is 25.4 Å². The third kappa shape index (κ3) is 2.94. The summed E-state index contributed by atoms with van der Waals surface area (Å²) in [4.78, 5) is 13.3. The molecule has 0 radical (unpaired) electrons. The van der Waals surface area contributed by atoms with E-state index in [2.05, 4.69) is 0 Å². The first-order chi connectivity index (χ1) is 6.65. The van der Waals surface area contributed by atoms with Crippen molar-refractivity contribution in [3.63, 3.8) is 0 Å². The summed E-state index contributed by atoms with van der Waals surface area (Å²) in [5.41, 5.74) is 5.52. The molecule has 0 aromatic rings. The van der Waals surface area contributed by atoms with Gasteiger partial charge in [0.25, 0.3) is 0 Å². The number of ether oxygens (including phenoxy) is 2. The van der Waals surface area contributed by atoms with E-state index in [1.54, 1.807) is 18.9 Å². The third-order valence-electron chi connectivity index (χ3n) is 2.19. The van der Waals surface area contributed by atoms with E-state index >= 15 is 0 Å². The van der Waals surface area contributed by atoms with Crippen molar-refractivity contribution in [2.45, 2.75) is 19.1 Å². The smallest absolute Gasteiger partial charge is 0.239 e. The van der Waals surface area contributed by atoms with E-state index in [9.17, 15) is 4.79 Å². The molecule has 0 aromatic heterocycles. The van der Waals surface area contributed by atoms with Crippen molar-refractivity contribution in [3.8, 4) is 0 Å². The van der Waals surface area contributed by atoms with Crippen LogP contribution in [0.15, 0.2) is 0 Å². The van der Waals surface area contributed by atoms with Crippen molar-refractivity contribution >= 4 is 5.91 Å². The van der Waals surface area contributed by atoms with Crippen LogP contribution in [0.3, 0.4) is 0 Å². The van der Waals surface area contributed by atoms with Gasteiger partial charge in [-0.2, -0.15) is 0 Å².